The van der Waals surface area contributed by atoms with Crippen molar-refractivity contribution in [2.75, 3.05) is 13.1 Å². The first-order chi connectivity index (χ1) is 16.9. The van der Waals surface area contributed by atoms with Crippen molar-refractivity contribution in [1.29, 1.82) is 5.41 Å². The van der Waals surface area contributed by atoms with Gasteiger partial charge in [-0.2, -0.15) is 0 Å². The Morgan fingerprint density at radius 2 is 1.81 bits per heavy atom. The van der Waals surface area contributed by atoms with E-state index in [9.17, 15) is 19.2 Å². The van der Waals surface area contributed by atoms with Crippen molar-refractivity contribution >= 4 is 40.7 Å². The second-order valence-corrected chi connectivity index (χ2v) is 9.41. The van der Waals surface area contributed by atoms with Gasteiger partial charge in [-0.05, 0) is 58.7 Å². The van der Waals surface area contributed by atoms with Gasteiger partial charge < -0.3 is 31.1 Å². The fourth-order valence-electron chi connectivity index (χ4n) is 3.30. The summed E-state index contributed by atoms with van der Waals surface area (Å²) in [6.45, 7) is 7.28. The molecule has 198 valence electrons. The highest BCUT2D eigenvalue weighted by atomic mass is 16.6. The minimum Gasteiger partial charge on any atom is -0.458 e. The molecule has 0 aliphatic rings. The number of aromatic nitrogens is 1. The number of para-hydroxylation sites is 1. The van der Waals surface area contributed by atoms with Crippen LogP contribution in [0.25, 0.3) is 10.9 Å². The van der Waals surface area contributed by atoms with Crippen LogP contribution in [0.15, 0.2) is 30.5 Å². The van der Waals surface area contributed by atoms with Crippen LogP contribution in [0.1, 0.15) is 52.0 Å². The third kappa shape index (κ3) is 11.3. The zero-order valence-corrected chi connectivity index (χ0v) is 21.8. The van der Waals surface area contributed by atoms with Crippen LogP contribution in [-0.4, -0.2) is 59.1 Å². The number of carbonyl (C=O) groups is 4. The summed E-state index contributed by atoms with van der Waals surface area (Å²) in [5.74, 6) is -2.02. The first-order valence-electron chi connectivity index (χ1n) is 11.9. The number of ketones is 1. The summed E-state index contributed by atoms with van der Waals surface area (Å²) in [4.78, 5) is 46.8. The van der Waals surface area contributed by atoms with Crippen molar-refractivity contribution in [3.05, 3.63) is 36.0 Å². The van der Waals surface area contributed by atoms with Crippen LogP contribution in [0.4, 0.5) is 0 Å². The van der Waals surface area contributed by atoms with Gasteiger partial charge in [-0.3, -0.25) is 14.4 Å². The molecule has 36 heavy (non-hydrogen) atoms. The molecule has 0 saturated heterocycles. The lowest BCUT2D eigenvalue weighted by Crippen LogP contribution is -2.47. The largest absolute Gasteiger partial charge is 0.458 e. The first kappa shape index (κ1) is 30.5. The number of Topliss-reactive ketones (excluding diaryl/α,β-unsaturated/α-hetero) is 1. The number of hydrogen-bond donors (Lipinski definition) is 4. The molecule has 10 heteroatoms. The molecule has 1 aromatic heterocycles. The fourth-order valence-corrected chi connectivity index (χ4v) is 3.30. The molecule has 0 bridgehead atoms. The van der Waals surface area contributed by atoms with Gasteiger partial charge in [0.25, 0.3) is 0 Å². The topological polar surface area (TPSA) is 156 Å². The number of nitrogens with zero attached hydrogens (tertiary/aromatic N) is 1. The zero-order chi connectivity index (χ0) is 27.3. The first-order valence-corrected chi connectivity index (χ1v) is 11.9. The van der Waals surface area contributed by atoms with Gasteiger partial charge in [0.2, 0.25) is 11.8 Å². The van der Waals surface area contributed by atoms with Crippen molar-refractivity contribution < 1.29 is 23.9 Å². The van der Waals surface area contributed by atoms with Crippen LogP contribution in [-0.2, 0) is 31.0 Å². The number of esters is 1. The maximum Gasteiger partial charge on any atom is 0.329 e. The smallest absolute Gasteiger partial charge is 0.329 e. The van der Waals surface area contributed by atoms with E-state index in [0.29, 0.717) is 19.2 Å². The minimum atomic E-state index is -1.03. The average Bonchev–Trinajstić information content (AvgIpc) is 3.11. The highest BCUT2D eigenvalue weighted by Crippen LogP contribution is 2.18. The quantitative estimate of drug-likeness (QED) is 0.273. The number of amides is 2. The Hall–Kier alpha value is -3.53. The van der Waals surface area contributed by atoms with Crippen LogP contribution in [0, 0.1) is 12.3 Å². The van der Waals surface area contributed by atoms with Gasteiger partial charge in [-0.25, -0.2) is 4.79 Å². The van der Waals surface area contributed by atoms with E-state index in [1.165, 1.54) is 16.5 Å². The molecule has 0 radical (unpaired) electrons. The molecular formula is C26H39N5O5. The summed E-state index contributed by atoms with van der Waals surface area (Å²) in [6.07, 6.45) is 3.48. The molecule has 2 aromatic rings. The Labute approximate surface area is 212 Å². The van der Waals surface area contributed by atoms with Gasteiger partial charge in [0.1, 0.15) is 11.6 Å². The number of ether oxygens (including phenoxy) is 1. The highest BCUT2D eigenvalue weighted by molar-refractivity contribution is 6.26. The Balaban J connectivity index is 0.000000479. The van der Waals surface area contributed by atoms with Gasteiger partial charge >= 0.3 is 5.97 Å². The molecule has 1 unspecified atom stereocenters. The molecule has 1 aromatic carbocycles. The van der Waals surface area contributed by atoms with E-state index >= 15 is 0 Å². The average molecular weight is 502 g/mol. The molecule has 0 fully saturated rings. The normalized spacial score (nSPS) is 11.6. The number of nitrogens with one attached hydrogen (secondary N) is 3. The lowest BCUT2D eigenvalue weighted by atomic mass is 10.1. The number of carbonyl (C=O) groups excluding carboxylic acids is 4. The second-order valence-electron chi connectivity index (χ2n) is 9.41. The third-order valence-electron chi connectivity index (χ3n) is 5.02. The SMILES string of the molecule is CC(C)(C)OC(=O)C(CCC(=O)C=N)NC(=O)CNC(=O)CCCN.Cc1cn(C)c2ccccc12. The van der Waals surface area contributed by atoms with Crippen LogP contribution in [0.2, 0.25) is 0 Å². The molecule has 0 spiro atoms. The Kier molecular flexibility index (Phi) is 12.5. The molecule has 10 nitrogen and oxygen atoms in total. The minimum absolute atomic E-state index is 0.00991. The van der Waals surface area contributed by atoms with Crippen molar-refractivity contribution in [2.45, 2.75) is 65.0 Å². The van der Waals surface area contributed by atoms with Gasteiger partial charge in [0.15, 0.2) is 5.78 Å². The van der Waals surface area contributed by atoms with Crippen molar-refractivity contribution in [3.63, 3.8) is 0 Å². The number of benzene rings is 1. The number of aryl methyl sites for hydroxylation is 2. The monoisotopic (exact) mass is 501 g/mol. The predicted molar refractivity (Wildman–Crippen MR) is 140 cm³/mol. The summed E-state index contributed by atoms with van der Waals surface area (Å²) in [6, 6.07) is 7.42. The maximum absolute atomic E-state index is 12.2. The molecule has 2 rings (SSSR count). The fraction of sp³-hybridized carbons (Fsp3) is 0.500. The van der Waals surface area contributed by atoms with E-state index in [4.69, 9.17) is 15.9 Å². The van der Waals surface area contributed by atoms with Crippen molar-refractivity contribution in [3.8, 4) is 0 Å². The second kappa shape index (κ2) is 14.8. The molecular weight excluding hydrogens is 462 g/mol. The summed E-state index contributed by atoms with van der Waals surface area (Å²) in [5, 5.41) is 13.1. The van der Waals surface area contributed by atoms with Gasteiger partial charge in [0, 0.05) is 37.0 Å². The van der Waals surface area contributed by atoms with Gasteiger partial charge in [0.05, 0.1) is 12.8 Å². The Morgan fingerprint density at radius 3 is 2.39 bits per heavy atom. The molecule has 5 N–H and O–H groups in total. The maximum atomic E-state index is 12.2. The third-order valence-corrected chi connectivity index (χ3v) is 5.02. The number of fused-ring (bicyclic) bond motifs is 1. The van der Waals surface area contributed by atoms with Crippen LogP contribution >= 0.6 is 0 Å². The van der Waals surface area contributed by atoms with Gasteiger partial charge in [-0.15, -0.1) is 0 Å². The lowest BCUT2D eigenvalue weighted by Gasteiger charge is -2.24. The van der Waals surface area contributed by atoms with E-state index in [-0.39, 0.29) is 31.7 Å². The molecule has 0 aliphatic carbocycles. The molecule has 1 atom stereocenters. The van der Waals surface area contributed by atoms with E-state index in [2.05, 4.69) is 59.6 Å². The molecule has 0 aliphatic heterocycles. The molecule has 1 heterocycles. The standard InChI is InChI=1S/C16H28N4O5.C10H11N/c1-16(2,3)25-15(24)12(7-6-11(21)9-18)20-14(23)10-19-13(22)5-4-8-17;1-8-7-11(2)10-6-4-3-5-9(8)10/h9,12,18H,4-8,10,17H2,1-3H3,(H,19,22)(H,20,23);3-7H,1-2H3. The zero-order valence-electron chi connectivity index (χ0n) is 21.8. The van der Waals surface area contributed by atoms with E-state index in [1.807, 2.05) is 0 Å². The van der Waals surface area contributed by atoms with Crippen LogP contribution < -0.4 is 16.4 Å². The van der Waals surface area contributed by atoms with Crippen LogP contribution in [0.3, 0.4) is 0 Å². The summed E-state index contributed by atoms with van der Waals surface area (Å²) >= 11 is 0. The molecule has 2 amide bonds. The van der Waals surface area contributed by atoms with Crippen molar-refractivity contribution in [1.82, 2.24) is 15.2 Å². The highest BCUT2D eigenvalue weighted by Gasteiger charge is 2.27. The predicted octanol–water partition coefficient (Wildman–Crippen LogP) is 2.15. The van der Waals surface area contributed by atoms with E-state index in [1.54, 1.807) is 20.8 Å². The Morgan fingerprint density at radius 1 is 1.14 bits per heavy atom. The molecule has 0 saturated carbocycles. The Bertz CT molecular complexity index is 1020. The lowest BCUT2D eigenvalue weighted by molar-refractivity contribution is -0.158. The summed E-state index contributed by atoms with van der Waals surface area (Å²) < 4.78 is 7.38. The summed E-state index contributed by atoms with van der Waals surface area (Å²) in [5.41, 5.74) is 7.21. The van der Waals surface area contributed by atoms with Crippen molar-refractivity contribution in [2.24, 2.45) is 12.8 Å². The van der Waals surface area contributed by atoms with E-state index < -0.39 is 29.3 Å². The van der Waals surface area contributed by atoms with Gasteiger partial charge in [-0.1, -0.05) is 18.2 Å². The number of nitrogens with two attached hydrogens (primary N) is 1. The summed E-state index contributed by atoms with van der Waals surface area (Å²) in [7, 11) is 2.08. The van der Waals surface area contributed by atoms with E-state index in [0.717, 1.165) is 0 Å². The van der Waals surface area contributed by atoms with Crippen LogP contribution in [0.5, 0.6) is 0 Å². The number of hydrogen-bond acceptors (Lipinski definition) is 7. The number of rotatable bonds is 11.